The van der Waals surface area contributed by atoms with Crippen LogP contribution in [0.5, 0.6) is 5.75 Å². The molecule has 0 radical (unpaired) electrons. The van der Waals surface area contributed by atoms with E-state index in [9.17, 15) is 13.2 Å². The highest BCUT2D eigenvalue weighted by Gasteiger charge is 2.23. The highest BCUT2D eigenvalue weighted by Crippen LogP contribution is 2.27. The first-order chi connectivity index (χ1) is 13.2. The molecule has 28 heavy (non-hydrogen) atoms. The van der Waals surface area contributed by atoms with E-state index in [2.05, 4.69) is 5.16 Å². The average molecular weight is 400 g/mol. The van der Waals surface area contributed by atoms with Gasteiger partial charge in [-0.05, 0) is 62.2 Å². The van der Waals surface area contributed by atoms with Crippen molar-refractivity contribution in [2.45, 2.75) is 25.7 Å². The molecular weight excluding hydrogens is 380 g/mol. The molecule has 0 atom stereocenters. The maximum atomic E-state index is 13.0. The predicted octanol–water partition coefficient (Wildman–Crippen LogP) is 3.64. The van der Waals surface area contributed by atoms with E-state index in [0.29, 0.717) is 16.9 Å². The maximum absolute atomic E-state index is 13.0. The number of carbonyl (C=O) groups is 1. The van der Waals surface area contributed by atoms with E-state index in [-0.39, 0.29) is 16.4 Å². The van der Waals surface area contributed by atoms with E-state index in [1.807, 2.05) is 13.0 Å². The smallest absolute Gasteiger partial charge is 0.382 e. The van der Waals surface area contributed by atoms with Crippen LogP contribution in [0.3, 0.4) is 0 Å². The number of anilines is 1. The Balaban J connectivity index is 1.80. The van der Waals surface area contributed by atoms with Crippen molar-refractivity contribution in [3.05, 3.63) is 71.1 Å². The Morgan fingerprint density at radius 1 is 1.04 bits per heavy atom. The fraction of sp³-hybridized carbons (Fsp3) is 0.200. The summed E-state index contributed by atoms with van der Waals surface area (Å²) in [7, 11) is -2.24. The number of nitrogens with zero attached hydrogens (tertiary/aromatic N) is 2. The molecule has 3 rings (SSSR count). The molecule has 0 aliphatic heterocycles. The lowest BCUT2D eigenvalue weighted by molar-refractivity contribution is 0.0691. The third kappa shape index (κ3) is 3.91. The van der Waals surface area contributed by atoms with Gasteiger partial charge in [0.1, 0.15) is 5.75 Å². The van der Waals surface area contributed by atoms with Gasteiger partial charge in [-0.1, -0.05) is 17.3 Å². The van der Waals surface area contributed by atoms with Crippen LogP contribution in [0.15, 0.2) is 57.9 Å². The van der Waals surface area contributed by atoms with Crippen molar-refractivity contribution in [1.82, 2.24) is 5.16 Å². The largest absolute Gasteiger partial charge is 0.421 e. The fourth-order valence-corrected chi connectivity index (χ4v) is 4.12. The topological polar surface area (TPSA) is 89.7 Å². The molecule has 8 heteroatoms. The molecule has 0 fully saturated rings. The lowest BCUT2D eigenvalue weighted by Gasteiger charge is -2.21. The van der Waals surface area contributed by atoms with Crippen LogP contribution in [0, 0.1) is 20.8 Å². The second-order valence-electron chi connectivity index (χ2n) is 6.46. The minimum Gasteiger partial charge on any atom is -0.421 e. The number of ether oxygens (including phenoxy) is 1. The van der Waals surface area contributed by atoms with E-state index < -0.39 is 16.0 Å². The van der Waals surface area contributed by atoms with Crippen LogP contribution in [0.2, 0.25) is 0 Å². The van der Waals surface area contributed by atoms with Crippen LogP contribution in [0.1, 0.15) is 27.4 Å². The van der Waals surface area contributed by atoms with Gasteiger partial charge in [0.2, 0.25) is 5.76 Å². The number of sulfonamides is 1. The summed E-state index contributed by atoms with van der Waals surface area (Å²) in [6, 6.07) is 12.9. The molecule has 1 heterocycles. The van der Waals surface area contributed by atoms with E-state index in [1.54, 1.807) is 38.1 Å². The number of esters is 1. The first-order valence-corrected chi connectivity index (χ1v) is 9.94. The van der Waals surface area contributed by atoms with Gasteiger partial charge in [-0.3, -0.25) is 4.31 Å². The Kier molecular flexibility index (Phi) is 5.24. The number of hydrogen-bond acceptors (Lipinski definition) is 6. The van der Waals surface area contributed by atoms with Crippen LogP contribution >= 0.6 is 0 Å². The Labute approximate surface area is 163 Å². The molecular formula is C20H20N2O5S. The van der Waals surface area contributed by atoms with Gasteiger partial charge in [0.25, 0.3) is 10.0 Å². The summed E-state index contributed by atoms with van der Waals surface area (Å²) < 4.78 is 37.2. The molecule has 0 aliphatic rings. The molecule has 1 aromatic heterocycles. The number of aryl methyl sites for hydroxylation is 3. The van der Waals surface area contributed by atoms with Crippen molar-refractivity contribution >= 4 is 21.7 Å². The molecule has 0 amide bonds. The Bertz CT molecular complexity index is 1120. The predicted molar refractivity (Wildman–Crippen MR) is 104 cm³/mol. The van der Waals surface area contributed by atoms with Crippen LogP contribution in [-0.2, 0) is 10.0 Å². The zero-order valence-corrected chi connectivity index (χ0v) is 16.8. The summed E-state index contributed by atoms with van der Waals surface area (Å²) in [5.74, 6) is -0.416. The standard InChI is InChI=1S/C20H20N2O5S/c1-13-5-6-14(2)19(11-13)28(24,25)22(4)16-7-9-17(10-8-16)26-20(23)18-12-15(3)21-27-18/h5-12H,1-4H3. The van der Waals surface area contributed by atoms with Crippen molar-refractivity contribution in [3.8, 4) is 5.75 Å². The van der Waals surface area contributed by atoms with Gasteiger partial charge in [-0.15, -0.1) is 0 Å². The molecule has 0 unspecified atom stereocenters. The maximum Gasteiger partial charge on any atom is 0.382 e. The zero-order chi connectivity index (χ0) is 20.5. The second-order valence-corrected chi connectivity index (χ2v) is 8.40. The monoisotopic (exact) mass is 400 g/mol. The molecule has 0 saturated carbocycles. The van der Waals surface area contributed by atoms with Crippen molar-refractivity contribution in [1.29, 1.82) is 0 Å². The Morgan fingerprint density at radius 3 is 2.32 bits per heavy atom. The molecule has 146 valence electrons. The molecule has 3 aromatic rings. The minimum absolute atomic E-state index is 0.00352. The summed E-state index contributed by atoms with van der Waals surface area (Å²) in [6.07, 6.45) is 0. The highest BCUT2D eigenvalue weighted by atomic mass is 32.2. The quantitative estimate of drug-likeness (QED) is 0.480. The fourth-order valence-electron chi connectivity index (χ4n) is 2.61. The van der Waals surface area contributed by atoms with Gasteiger partial charge in [0.15, 0.2) is 0 Å². The average Bonchev–Trinajstić information content (AvgIpc) is 3.10. The zero-order valence-electron chi connectivity index (χ0n) is 16.0. The summed E-state index contributed by atoms with van der Waals surface area (Å²) in [4.78, 5) is 12.3. The van der Waals surface area contributed by atoms with E-state index >= 15 is 0 Å². The molecule has 0 spiro atoms. The highest BCUT2D eigenvalue weighted by molar-refractivity contribution is 7.92. The molecule has 0 bridgehead atoms. The SMILES string of the molecule is Cc1ccc(C)c(S(=O)(=O)N(C)c2ccc(OC(=O)c3cc(C)no3)cc2)c1. The molecule has 0 N–H and O–H groups in total. The van der Waals surface area contributed by atoms with Gasteiger partial charge in [-0.25, -0.2) is 13.2 Å². The van der Waals surface area contributed by atoms with Gasteiger partial charge < -0.3 is 9.26 Å². The van der Waals surface area contributed by atoms with E-state index in [4.69, 9.17) is 9.26 Å². The number of benzene rings is 2. The number of hydrogen-bond donors (Lipinski definition) is 0. The second kappa shape index (κ2) is 7.47. The van der Waals surface area contributed by atoms with Crippen LogP contribution in [-0.4, -0.2) is 26.6 Å². The van der Waals surface area contributed by atoms with Crippen molar-refractivity contribution in [2.24, 2.45) is 0 Å². The lowest BCUT2D eigenvalue weighted by Crippen LogP contribution is -2.27. The molecule has 7 nitrogen and oxygen atoms in total. The van der Waals surface area contributed by atoms with Crippen molar-refractivity contribution in [3.63, 3.8) is 0 Å². The van der Waals surface area contributed by atoms with Gasteiger partial charge in [-0.2, -0.15) is 0 Å². The Hall–Kier alpha value is -3.13. The third-order valence-electron chi connectivity index (χ3n) is 4.22. The summed E-state index contributed by atoms with van der Waals surface area (Å²) in [6.45, 7) is 5.30. The van der Waals surface area contributed by atoms with Crippen LogP contribution < -0.4 is 9.04 Å². The molecule has 0 aliphatic carbocycles. The number of carbonyl (C=O) groups excluding carboxylic acids is 1. The first-order valence-electron chi connectivity index (χ1n) is 8.50. The van der Waals surface area contributed by atoms with Gasteiger partial charge in [0, 0.05) is 13.1 Å². The van der Waals surface area contributed by atoms with Crippen molar-refractivity contribution < 1.29 is 22.5 Å². The van der Waals surface area contributed by atoms with Crippen molar-refractivity contribution in [2.75, 3.05) is 11.4 Å². The summed E-state index contributed by atoms with van der Waals surface area (Å²) >= 11 is 0. The van der Waals surface area contributed by atoms with Crippen LogP contribution in [0.25, 0.3) is 0 Å². The summed E-state index contributed by atoms with van der Waals surface area (Å²) in [5, 5.41) is 3.64. The van der Waals surface area contributed by atoms with Gasteiger partial charge in [0.05, 0.1) is 16.3 Å². The van der Waals surface area contributed by atoms with Gasteiger partial charge >= 0.3 is 5.97 Å². The molecule has 2 aromatic carbocycles. The number of aromatic nitrogens is 1. The lowest BCUT2D eigenvalue weighted by atomic mass is 10.2. The third-order valence-corrected chi connectivity index (χ3v) is 6.15. The number of rotatable bonds is 5. The van der Waals surface area contributed by atoms with E-state index in [1.165, 1.54) is 29.6 Å². The van der Waals surface area contributed by atoms with Crippen LogP contribution in [0.4, 0.5) is 5.69 Å². The minimum atomic E-state index is -3.72. The molecule has 0 saturated heterocycles. The van der Waals surface area contributed by atoms with E-state index in [0.717, 1.165) is 5.56 Å². The normalized spacial score (nSPS) is 11.3. The first kappa shape index (κ1) is 19.6. The Morgan fingerprint density at radius 2 is 1.71 bits per heavy atom. The summed E-state index contributed by atoms with van der Waals surface area (Å²) in [5.41, 5.74) is 2.55.